The summed E-state index contributed by atoms with van der Waals surface area (Å²) in [4.78, 5) is 0. The van der Waals surface area contributed by atoms with Crippen LogP contribution in [0, 0.1) is 47.3 Å². The molecule has 0 heterocycles. The fourth-order valence-corrected chi connectivity index (χ4v) is 6.00. The van der Waals surface area contributed by atoms with Gasteiger partial charge >= 0.3 is 37.7 Å². The Bertz CT molecular complexity index is 483. The molecule has 0 spiro atoms. The number of hydrogen-bond donors (Lipinski definition) is 0. The van der Waals surface area contributed by atoms with Crippen molar-refractivity contribution >= 4 is 37.7 Å². The van der Waals surface area contributed by atoms with Gasteiger partial charge in [-0.1, -0.05) is 55.4 Å². The zero-order valence-corrected chi connectivity index (χ0v) is 26.7. The van der Waals surface area contributed by atoms with Crippen LogP contribution in [0.15, 0.2) is 0 Å². The molecule has 2 aliphatic rings. The second-order valence-corrected chi connectivity index (χ2v) is 12.2. The average molecular weight is 511 g/mol. The van der Waals surface area contributed by atoms with Gasteiger partial charge in [0.1, 0.15) is 13.6 Å². The molecule has 4 unspecified atom stereocenters. The third-order valence-corrected chi connectivity index (χ3v) is 8.12. The molecule has 0 aromatic heterocycles. The Morgan fingerprint density at radius 2 is 1.35 bits per heavy atom. The topological polar surface area (TPSA) is 36.9 Å². The van der Waals surface area contributed by atoms with Gasteiger partial charge in [0.25, 0.3) is 0 Å². The Kier molecular flexibility index (Phi) is 19.8. The second-order valence-electron chi connectivity index (χ2n) is 12.2. The molecule has 0 radical (unpaired) electrons. The van der Waals surface area contributed by atoms with E-state index in [1.165, 1.54) is 44.9 Å². The van der Waals surface area contributed by atoms with Gasteiger partial charge in [-0.05, 0) is 92.3 Å². The Morgan fingerprint density at radius 3 is 1.85 bits per heavy atom. The van der Waals surface area contributed by atoms with E-state index >= 15 is 0 Å². The molecule has 2 saturated carbocycles. The van der Waals surface area contributed by atoms with Gasteiger partial charge in [0, 0.05) is 14.2 Å². The van der Waals surface area contributed by atoms with Crippen molar-refractivity contribution in [1.29, 1.82) is 0 Å². The summed E-state index contributed by atoms with van der Waals surface area (Å²) >= 11 is 0. The van der Waals surface area contributed by atoms with Gasteiger partial charge in [0.05, 0.1) is 12.2 Å². The van der Waals surface area contributed by atoms with Crippen LogP contribution in [-0.2, 0) is 18.9 Å². The average Bonchev–Trinajstić information content (AvgIpc) is 2.76. The van der Waals surface area contributed by atoms with E-state index in [0.29, 0.717) is 37.6 Å². The van der Waals surface area contributed by atoms with E-state index in [4.69, 9.17) is 18.9 Å². The first-order valence-electron chi connectivity index (χ1n) is 13.8. The number of methoxy groups -OCH3 is 2. The van der Waals surface area contributed by atoms with E-state index in [1.807, 2.05) is 7.11 Å². The smallest absolute Gasteiger partial charge is 0.381 e. The maximum absolute atomic E-state index is 5.88. The van der Waals surface area contributed by atoms with E-state index in [0.717, 1.165) is 35.5 Å². The first-order valence-corrected chi connectivity index (χ1v) is 13.8. The fourth-order valence-electron chi connectivity index (χ4n) is 6.00. The molecule has 2 rings (SSSR count). The van der Waals surface area contributed by atoms with Crippen molar-refractivity contribution in [3.63, 3.8) is 0 Å². The SMILES string of the molecule is COCOCO[C@@H]1CCC(C(C)C)CC1C(C)C.CO[C@@H]1CC(CC(C)C)CC(C(C)C)C1.[Ca+2]. The van der Waals surface area contributed by atoms with Crippen LogP contribution >= 0.6 is 0 Å². The molecule has 0 saturated heterocycles. The van der Waals surface area contributed by atoms with Crippen LogP contribution < -0.4 is 0 Å². The van der Waals surface area contributed by atoms with Crippen LogP contribution in [0.5, 0.6) is 0 Å². The molecule has 2 fully saturated rings. The molecule has 2 aliphatic carbocycles. The van der Waals surface area contributed by atoms with Gasteiger partial charge in [0.15, 0.2) is 0 Å². The molecule has 5 heteroatoms. The first kappa shape index (κ1) is 35.1. The summed E-state index contributed by atoms with van der Waals surface area (Å²) < 4.78 is 21.6. The molecule has 198 valence electrons. The summed E-state index contributed by atoms with van der Waals surface area (Å²) in [5.74, 6) is 6.42. The minimum Gasteiger partial charge on any atom is -0.381 e. The van der Waals surface area contributed by atoms with Crippen molar-refractivity contribution < 1.29 is 18.9 Å². The predicted octanol–water partition coefficient (Wildman–Crippen LogP) is 7.42. The monoisotopic (exact) mass is 510 g/mol. The molecular formula is C29H58CaO4+2. The minimum absolute atomic E-state index is 0. The van der Waals surface area contributed by atoms with Gasteiger partial charge in [0.2, 0.25) is 0 Å². The summed E-state index contributed by atoms with van der Waals surface area (Å²) in [7, 11) is 3.50. The van der Waals surface area contributed by atoms with Gasteiger partial charge < -0.3 is 18.9 Å². The van der Waals surface area contributed by atoms with Gasteiger partial charge in [-0.2, -0.15) is 0 Å². The molecule has 0 aromatic carbocycles. The third kappa shape index (κ3) is 13.6. The van der Waals surface area contributed by atoms with Gasteiger partial charge in [-0.15, -0.1) is 0 Å². The summed E-state index contributed by atoms with van der Waals surface area (Å²) in [5.41, 5.74) is 0. The molecule has 0 N–H and O–H groups in total. The first-order chi connectivity index (χ1) is 15.6. The van der Waals surface area contributed by atoms with E-state index in [9.17, 15) is 0 Å². The molecule has 0 aromatic rings. The number of hydrogen-bond acceptors (Lipinski definition) is 4. The van der Waals surface area contributed by atoms with Crippen LogP contribution in [0.3, 0.4) is 0 Å². The molecule has 6 atom stereocenters. The van der Waals surface area contributed by atoms with E-state index in [2.05, 4.69) is 55.4 Å². The van der Waals surface area contributed by atoms with Crippen LogP contribution in [0.25, 0.3) is 0 Å². The van der Waals surface area contributed by atoms with Crippen LogP contribution in [-0.4, -0.2) is 77.8 Å². The Balaban J connectivity index is 0.000000632. The Morgan fingerprint density at radius 1 is 0.706 bits per heavy atom. The minimum atomic E-state index is 0. The summed E-state index contributed by atoms with van der Waals surface area (Å²) in [5, 5.41) is 0. The van der Waals surface area contributed by atoms with Crippen molar-refractivity contribution in [1.82, 2.24) is 0 Å². The van der Waals surface area contributed by atoms with Crippen LogP contribution in [0.4, 0.5) is 0 Å². The zero-order chi connectivity index (χ0) is 25.0. The maximum Gasteiger partial charge on any atom is 2.00 e. The molecule has 0 bridgehead atoms. The summed E-state index contributed by atoms with van der Waals surface area (Å²) in [6.45, 7) is 19.3. The number of ether oxygens (including phenoxy) is 4. The largest absolute Gasteiger partial charge is 2.00 e. The normalized spacial score (nSPS) is 29.8. The van der Waals surface area contributed by atoms with Crippen molar-refractivity contribution in [3.8, 4) is 0 Å². The van der Waals surface area contributed by atoms with E-state index < -0.39 is 0 Å². The van der Waals surface area contributed by atoms with Crippen molar-refractivity contribution in [3.05, 3.63) is 0 Å². The van der Waals surface area contributed by atoms with Gasteiger partial charge in [-0.25, -0.2) is 0 Å². The summed E-state index contributed by atoms with van der Waals surface area (Å²) in [6.07, 6.45) is 10.0. The molecular weight excluding hydrogens is 452 g/mol. The molecule has 34 heavy (non-hydrogen) atoms. The zero-order valence-electron chi connectivity index (χ0n) is 24.5. The maximum atomic E-state index is 5.88. The van der Waals surface area contributed by atoms with Crippen molar-refractivity contribution in [2.75, 3.05) is 27.8 Å². The Labute approximate surface area is 243 Å². The van der Waals surface area contributed by atoms with Crippen molar-refractivity contribution in [2.45, 2.75) is 113 Å². The third-order valence-electron chi connectivity index (χ3n) is 8.12. The Hall–Kier alpha value is 1.10. The van der Waals surface area contributed by atoms with Crippen LogP contribution in [0.1, 0.15) is 100 Å². The van der Waals surface area contributed by atoms with Crippen LogP contribution in [0.2, 0.25) is 0 Å². The van der Waals surface area contributed by atoms with Crippen molar-refractivity contribution in [2.24, 2.45) is 47.3 Å². The standard InChI is InChI=1S/C15H30O3.C14H28O.Ca/c1-11(2)13-6-7-15(14(8-13)12(3)4)18-10-17-9-16-5;1-10(2)6-12-7-13(11(3)4)9-14(8-12)15-5;/h11-15H,6-10H2,1-5H3;10-14H,6-9H2,1-5H3;/q;;+2/t13?,14?,15-;12?,13?,14-;/m11./s1. The van der Waals surface area contributed by atoms with E-state index in [1.54, 1.807) is 7.11 Å². The molecule has 0 amide bonds. The number of rotatable bonds is 11. The summed E-state index contributed by atoms with van der Waals surface area (Å²) in [6, 6.07) is 0. The second kappa shape index (κ2) is 19.2. The quantitative estimate of drug-likeness (QED) is 0.165. The van der Waals surface area contributed by atoms with E-state index in [-0.39, 0.29) is 37.7 Å². The molecule has 4 nitrogen and oxygen atoms in total. The molecule has 0 aliphatic heterocycles. The predicted molar refractivity (Wildman–Crippen MR) is 145 cm³/mol. The fraction of sp³-hybridized carbons (Fsp3) is 1.00. The van der Waals surface area contributed by atoms with Gasteiger partial charge in [-0.3, -0.25) is 0 Å².